The van der Waals surface area contributed by atoms with E-state index in [9.17, 15) is 4.79 Å². The third kappa shape index (κ3) is 3.57. The van der Waals surface area contributed by atoms with Crippen LogP contribution < -0.4 is 4.72 Å². The van der Waals surface area contributed by atoms with Crippen molar-refractivity contribution < 1.29 is 4.79 Å². The number of amides is 1. The van der Waals surface area contributed by atoms with Gasteiger partial charge in [-0.15, -0.1) is 11.3 Å². The van der Waals surface area contributed by atoms with Gasteiger partial charge >= 0.3 is 0 Å². The van der Waals surface area contributed by atoms with E-state index < -0.39 is 11.3 Å². The molecular weight excluding hydrogens is 348 g/mol. The molecule has 1 aliphatic heterocycles. The number of benzene rings is 2. The summed E-state index contributed by atoms with van der Waals surface area (Å²) in [6.07, 6.45) is 3.86. The lowest BCUT2D eigenvalue weighted by Gasteiger charge is -2.13. The highest BCUT2D eigenvalue weighted by Gasteiger charge is 2.10. The standard InChI is InChI=1S/C20H16N2OS2/c23-20(17-9-7-16(8-10-17)19-6-3-12-24-19)22-25-13-11-15-4-1-2-5-18(15)14-21-25/h1-14,25H,(H,22,23). The van der Waals surface area contributed by atoms with Crippen LogP contribution in [0.15, 0.2) is 75.8 Å². The third-order valence-electron chi connectivity index (χ3n) is 3.88. The number of rotatable bonds is 3. The van der Waals surface area contributed by atoms with Gasteiger partial charge in [-0.2, -0.15) is 0 Å². The Hall–Kier alpha value is -2.63. The fraction of sp³-hybridized carbons (Fsp3) is 0. The van der Waals surface area contributed by atoms with Gasteiger partial charge in [0.15, 0.2) is 0 Å². The Labute approximate surface area is 153 Å². The number of nitrogens with one attached hydrogen (secondary N) is 1. The van der Waals surface area contributed by atoms with Gasteiger partial charge in [0.25, 0.3) is 5.91 Å². The van der Waals surface area contributed by atoms with Gasteiger partial charge < -0.3 is 0 Å². The van der Waals surface area contributed by atoms with Crippen LogP contribution in [-0.2, 0) is 0 Å². The maximum absolute atomic E-state index is 12.5. The molecule has 0 fully saturated rings. The lowest BCUT2D eigenvalue weighted by molar-refractivity contribution is 0.0984. The molecule has 1 N–H and O–H groups in total. The van der Waals surface area contributed by atoms with Crippen molar-refractivity contribution in [1.82, 2.24) is 4.72 Å². The molecule has 0 bridgehead atoms. The lowest BCUT2D eigenvalue weighted by Crippen LogP contribution is -2.18. The summed E-state index contributed by atoms with van der Waals surface area (Å²) in [5.74, 6) is -0.100. The second-order valence-electron chi connectivity index (χ2n) is 5.53. The van der Waals surface area contributed by atoms with Gasteiger partial charge in [0.1, 0.15) is 0 Å². The Morgan fingerprint density at radius 3 is 2.52 bits per heavy atom. The first kappa shape index (κ1) is 15.9. The van der Waals surface area contributed by atoms with Crippen LogP contribution in [0.25, 0.3) is 16.5 Å². The molecule has 0 saturated heterocycles. The summed E-state index contributed by atoms with van der Waals surface area (Å²) < 4.78 is 7.52. The van der Waals surface area contributed by atoms with Crippen LogP contribution >= 0.6 is 22.6 Å². The molecule has 1 atom stereocenters. The second-order valence-corrected chi connectivity index (χ2v) is 7.92. The van der Waals surface area contributed by atoms with Gasteiger partial charge in [-0.1, -0.05) is 53.7 Å². The van der Waals surface area contributed by atoms with E-state index in [1.54, 1.807) is 11.3 Å². The Bertz CT molecular complexity index is 911. The molecule has 1 aromatic heterocycles. The first-order valence-electron chi connectivity index (χ1n) is 7.85. The minimum Gasteiger partial charge on any atom is -0.296 e. The number of fused-ring (bicyclic) bond motifs is 1. The largest absolute Gasteiger partial charge is 0.296 e. The fourth-order valence-corrected chi connectivity index (χ4v) is 4.39. The molecule has 124 valence electrons. The molecule has 1 unspecified atom stereocenters. The highest BCUT2D eigenvalue weighted by Crippen LogP contribution is 2.29. The van der Waals surface area contributed by atoms with E-state index in [2.05, 4.69) is 15.2 Å². The van der Waals surface area contributed by atoms with Crippen molar-refractivity contribution in [3.63, 3.8) is 0 Å². The number of carbonyl (C=O) groups is 1. The summed E-state index contributed by atoms with van der Waals surface area (Å²) in [7, 11) is 0. The van der Waals surface area contributed by atoms with Crippen molar-refractivity contribution in [1.29, 1.82) is 0 Å². The molecule has 0 radical (unpaired) electrons. The molecule has 3 nitrogen and oxygen atoms in total. The van der Waals surface area contributed by atoms with Crippen LogP contribution in [0.2, 0.25) is 0 Å². The average Bonchev–Trinajstić information content (AvgIpc) is 3.12. The summed E-state index contributed by atoms with van der Waals surface area (Å²) in [5, 5.41) is 4.02. The summed E-state index contributed by atoms with van der Waals surface area (Å²) in [4.78, 5) is 13.7. The van der Waals surface area contributed by atoms with Crippen LogP contribution in [0.5, 0.6) is 0 Å². The first-order valence-corrected chi connectivity index (χ1v) is 10.1. The molecule has 4 rings (SSSR count). The first-order chi connectivity index (χ1) is 12.3. The molecule has 1 amide bonds. The monoisotopic (exact) mass is 364 g/mol. The quantitative estimate of drug-likeness (QED) is 0.625. The van der Waals surface area contributed by atoms with E-state index in [4.69, 9.17) is 0 Å². The van der Waals surface area contributed by atoms with Crippen LogP contribution in [0.3, 0.4) is 0 Å². The zero-order valence-corrected chi connectivity index (χ0v) is 15.0. The van der Waals surface area contributed by atoms with Gasteiger partial charge in [-0.25, -0.2) is 4.40 Å². The predicted octanol–water partition coefficient (Wildman–Crippen LogP) is 5.08. The van der Waals surface area contributed by atoms with Crippen molar-refractivity contribution in [2.75, 3.05) is 0 Å². The molecule has 2 aromatic carbocycles. The number of thiol groups is 1. The van der Waals surface area contributed by atoms with Crippen molar-refractivity contribution >= 4 is 40.8 Å². The summed E-state index contributed by atoms with van der Waals surface area (Å²) in [6, 6.07) is 19.8. The van der Waals surface area contributed by atoms with Crippen LogP contribution in [0, 0.1) is 0 Å². The van der Waals surface area contributed by atoms with Crippen LogP contribution in [0.4, 0.5) is 0 Å². The van der Waals surface area contributed by atoms with Crippen molar-refractivity contribution in [3.8, 4) is 10.4 Å². The molecule has 1 aliphatic rings. The molecule has 0 saturated carbocycles. The topological polar surface area (TPSA) is 41.5 Å². The van der Waals surface area contributed by atoms with E-state index >= 15 is 0 Å². The molecular formula is C20H16N2OS2. The van der Waals surface area contributed by atoms with E-state index in [1.807, 2.05) is 77.7 Å². The number of hydrogen-bond acceptors (Lipinski definition) is 3. The SMILES string of the molecule is O=C(N[SH]1C=Cc2ccccc2C=N1)c1ccc(-c2cccs2)cc1. The van der Waals surface area contributed by atoms with Gasteiger partial charge in [0, 0.05) is 22.2 Å². The Morgan fingerprint density at radius 2 is 1.76 bits per heavy atom. The minimum absolute atomic E-state index is 0.100. The van der Waals surface area contributed by atoms with E-state index in [0.29, 0.717) is 5.56 Å². The number of carbonyl (C=O) groups excluding carboxylic acids is 1. The Balaban J connectivity index is 1.47. The highest BCUT2D eigenvalue weighted by molar-refractivity contribution is 8.17. The van der Waals surface area contributed by atoms with E-state index in [0.717, 1.165) is 16.7 Å². The number of thiophene rings is 1. The smallest absolute Gasteiger partial charge is 0.261 e. The molecule has 25 heavy (non-hydrogen) atoms. The number of nitrogens with zero attached hydrogens (tertiary/aromatic N) is 1. The zero-order chi connectivity index (χ0) is 17.1. The molecule has 0 spiro atoms. The fourth-order valence-electron chi connectivity index (χ4n) is 2.56. The van der Waals surface area contributed by atoms with Gasteiger partial charge in [0.2, 0.25) is 0 Å². The average molecular weight is 364 g/mol. The summed E-state index contributed by atoms with van der Waals surface area (Å²) in [6.45, 7) is 0. The third-order valence-corrected chi connectivity index (χ3v) is 6.03. The highest BCUT2D eigenvalue weighted by atomic mass is 32.2. The minimum atomic E-state index is -1.06. The van der Waals surface area contributed by atoms with Crippen molar-refractivity contribution in [3.05, 3.63) is 88.1 Å². The van der Waals surface area contributed by atoms with Gasteiger partial charge in [-0.05, 0) is 46.2 Å². The zero-order valence-electron chi connectivity index (χ0n) is 13.3. The Kier molecular flexibility index (Phi) is 4.50. The normalized spacial score (nSPS) is 16.9. The molecule has 0 aliphatic carbocycles. The van der Waals surface area contributed by atoms with Crippen LogP contribution in [-0.4, -0.2) is 12.1 Å². The molecule has 2 heterocycles. The van der Waals surface area contributed by atoms with Gasteiger partial charge in [0.05, 0.1) is 0 Å². The van der Waals surface area contributed by atoms with E-state index in [1.165, 1.54) is 4.88 Å². The predicted molar refractivity (Wildman–Crippen MR) is 109 cm³/mol. The number of hydrogen-bond donors (Lipinski definition) is 2. The van der Waals surface area contributed by atoms with Crippen molar-refractivity contribution in [2.45, 2.75) is 0 Å². The molecule has 3 aromatic rings. The maximum atomic E-state index is 12.5. The maximum Gasteiger partial charge on any atom is 0.261 e. The van der Waals surface area contributed by atoms with Crippen molar-refractivity contribution in [2.24, 2.45) is 4.40 Å². The Morgan fingerprint density at radius 1 is 0.960 bits per heavy atom. The van der Waals surface area contributed by atoms with Crippen LogP contribution in [0.1, 0.15) is 21.5 Å². The summed E-state index contributed by atoms with van der Waals surface area (Å²) >= 11 is 0.629. The lowest BCUT2D eigenvalue weighted by atomic mass is 10.1. The van der Waals surface area contributed by atoms with Gasteiger partial charge in [-0.3, -0.25) is 9.52 Å². The second kappa shape index (κ2) is 7.09. The summed E-state index contributed by atoms with van der Waals surface area (Å²) in [5.41, 5.74) is 3.96. The molecule has 5 heteroatoms. The van der Waals surface area contributed by atoms with E-state index in [-0.39, 0.29) is 5.91 Å².